The Morgan fingerprint density at radius 1 is 1.58 bits per heavy atom. The van der Waals surface area contributed by atoms with E-state index in [-0.39, 0.29) is 5.69 Å². The van der Waals surface area contributed by atoms with Crippen molar-refractivity contribution in [3.8, 4) is 0 Å². The fraction of sp³-hybridized carbons (Fsp3) is 0.143. The van der Waals surface area contributed by atoms with Crippen LogP contribution in [0, 0.1) is 10.1 Å². The zero-order valence-electron chi connectivity index (χ0n) is 6.28. The Labute approximate surface area is 82.4 Å². The van der Waals surface area contributed by atoms with E-state index >= 15 is 0 Å². The third-order valence-corrected chi connectivity index (χ3v) is 3.06. The first-order chi connectivity index (χ1) is 5.65. The van der Waals surface area contributed by atoms with Crippen molar-refractivity contribution >= 4 is 33.4 Å². The molecule has 5 heteroatoms. The molecule has 0 aromatic heterocycles. The van der Waals surface area contributed by atoms with Gasteiger partial charge in [0.15, 0.2) is 0 Å². The van der Waals surface area contributed by atoms with Gasteiger partial charge in [-0.15, -0.1) is 11.8 Å². The van der Waals surface area contributed by atoms with Crippen LogP contribution in [0.15, 0.2) is 27.6 Å². The summed E-state index contributed by atoms with van der Waals surface area (Å²) in [6, 6.07) is 4.73. The number of nitrogens with zero attached hydrogens (tertiary/aromatic N) is 1. The smallest absolute Gasteiger partial charge is 0.258 e. The maximum Gasteiger partial charge on any atom is 0.270 e. The first-order valence-electron chi connectivity index (χ1n) is 3.13. The summed E-state index contributed by atoms with van der Waals surface area (Å²) in [5, 5.41) is 10.3. The molecule has 0 amide bonds. The van der Waals surface area contributed by atoms with E-state index in [9.17, 15) is 10.1 Å². The average molecular weight is 248 g/mol. The second-order valence-corrected chi connectivity index (χ2v) is 3.78. The van der Waals surface area contributed by atoms with Gasteiger partial charge in [-0.3, -0.25) is 10.1 Å². The lowest BCUT2D eigenvalue weighted by atomic mass is 10.3. The number of thioether (sulfide) groups is 1. The maximum atomic E-state index is 10.3. The van der Waals surface area contributed by atoms with Crippen molar-refractivity contribution in [3.05, 3.63) is 32.8 Å². The highest BCUT2D eigenvalue weighted by Gasteiger charge is 2.07. The van der Waals surface area contributed by atoms with E-state index < -0.39 is 4.92 Å². The van der Waals surface area contributed by atoms with Gasteiger partial charge in [-0.1, -0.05) is 0 Å². The highest BCUT2D eigenvalue weighted by Crippen LogP contribution is 2.28. The Balaban J connectivity index is 3.10. The highest BCUT2D eigenvalue weighted by atomic mass is 79.9. The van der Waals surface area contributed by atoms with E-state index in [4.69, 9.17) is 0 Å². The largest absolute Gasteiger partial charge is 0.270 e. The normalized spacial score (nSPS) is 9.83. The second kappa shape index (κ2) is 3.91. The molecule has 64 valence electrons. The first kappa shape index (κ1) is 9.54. The Bertz CT molecular complexity index is 316. The SMILES string of the molecule is CSc1ccc([N+](=O)[O-])cc1Br. The predicted octanol–water partition coefficient (Wildman–Crippen LogP) is 3.08. The van der Waals surface area contributed by atoms with Gasteiger partial charge in [-0.25, -0.2) is 0 Å². The summed E-state index contributed by atoms with van der Waals surface area (Å²) in [7, 11) is 0. The van der Waals surface area contributed by atoms with Gasteiger partial charge < -0.3 is 0 Å². The number of hydrogen-bond donors (Lipinski definition) is 0. The number of benzene rings is 1. The lowest BCUT2D eigenvalue weighted by Gasteiger charge is -1.98. The molecule has 0 radical (unpaired) electrons. The molecule has 3 nitrogen and oxygen atoms in total. The molecule has 1 aromatic rings. The minimum Gasteiger partial charge on any atom is -0.258 e. The van der Waals surface area contributed by atoms with Gasteiger partial charge in [0.25, 0.3) is 5.69 Å². The topological polar surface area (TPSA) is 43.1 Å². The van der Waals surface area contributed by atoms with Crippen LogP contribution in [0.1, 0.15) is 0 Å². The van der Waals surface area contributed by atoms with E-state index in [0.717, 1.165) is 9.37 Å². The Kier molecular flexibility index (Phi) is 3.11. The molecule has 0 aliphatic carbocycles. The molecule has 0 unspecified atom stereocenters. The number of nitro benzene ring substituents is 1. The molecule has 0 fully saturated rings. The zero-order chi connectivity index (χ0) is 9.14. The Morgan fingerprint density at radius 2 is 2.25 bits per heavy atom. The minimum absolute atomic E-state index is 0.111. The van der Waals surface area contributed by atoms with Crippen LogP contribution in [0.25, 0.3) is 0 Å². The summed E-state index contributed by atoms with van der Waals surface area (Å²) in [4.78, 5) is 10.9. The van der Waals surface area contributed by atoms with Crippen LogP contribution < -0.4 is 0 Å². The molecule has 0 spiro atoms. The van der Waals surface area contributed by atoms with Crippen molar-refractivity contribution in [3.63, 3.8) is 0 Å². The molecule has 0 saturated heterocycles. The Hall–Kier alpha value is -0.550. The first-order valence-corrected chi connectivity index (χ1v) is 5.15. The van der Waals surface area contributed by atoms with Crippen LogP contribution >= 0.6 is 27.7 Å². The van der Waals surface area contributed by atoms with E-state index in [0.29, 0.717) is 0 Å². The van der Waals surface area contributed by atoms with E-state index in [2.05, 4.69) is 15.9 Å². The van der Waals surface area contributed by atoms with Crippen LogP contribution in [0.3, 0.4) is 0 Å². The minimum atomic E-state index is -0.408. The van der Waals surface area contributed by atoms with Gasteiger partial charge in [-0.2, -0.15) is 0 Å². The lowest BCUT2D eigenvalue weighted by molar-refractivity contribution is -0.385. The van der Waals surface area contributed by atoms with Crippen molar-refractivity contribution in [2.24, 2.45) is 0 Å². The van der Waals surface area contributed by atoms with Crippen molar-refractivity contribution in [1.82, 2.24) is 0 Å². The number of hydrogen-bond acceptors (Lipinski definition) is 3. The molecule has 1 aromatic carbocycles. The summed E-state index contributed by atoms with van der Waals surface area (Å²) in [5.74, 6) is 0. The molecule has 0 bridgehead atoms. The molecule has 0 saturated carbocycles. The van der Waals surface area contributed by atoms with E-state index in [1.165, 1.54) is 12.1 Å². The third-order valence-electron chi connectivity index (χ3n) is 1.35. The number of non-ortho nitro benzene ring substituents is 1. The van der Waals surface area contributed by atoms with Crippen molar-refractivity contribution in [2.45, 2.75) is 4.90 Å². The number of rotatable bonds is 2. The second-order valence-electron chi connectivity index (χ2n) is 2.08. The fourth-order valence-corrected chi connectivity index (χ4v) is 2.08. The third kappa shape index (κ3) is 1.98. The number of nitro groups is 1. The van der Waals surface area contributed by atoms with Gasteiger partial charge in [0, 0.05) is 21.5 Å². The molecular formula is C7H6BrNO2S. The highest BCUT2D eigenvalue weighted by molar-refractivity contribution is 9.10. The maximum absolute atomic E-state index is 10.3. The Morgan fingerprint density at radius 3 is 2.67 bits per heavy atom. The van der Waals surface area contributed by atoms with Crippen LogP contribution in [0.4, 0.5) is 5.69 Å². The molecular weight excluding hydrogens is 242 g/mol. The fourth-order valence-electron chi connectivity index (χ4n) is 0.769. The van der Waals surface area contributed by atoms with Crippen molar-refractivity contribution < 1.29 is 4.92 Å². The molecule has 0 N–H and O–H groups in total. The molecule has 0 atom stereocenters. The van der Waals surface area contributed by atoms with Gasteiger partial charge >= 0.3 is 0 Å². The summed E-state index contributed by atoms with van der Waals surface area (Å²) >= 11 is 4.80. The number of halogens is 1. The molecule has 0 aliphatic heterocycles. The molecule has 12 heavy (non-hydrogen) atoms. The van der Waals surface area contributed by atoms with Gasteiger partial charge in [0.1, 0.15) is 0 Å². The summed E-state index contributed by atoms with van der Waals surface area (Å²) in [6.07, 6.45) is 1.92. The van der Waals surface area contributed by atoms with Gasteiger partial charge in [-0.05, 0) is 28.3 Å². The molecule has 1 rings (SSSR count). The summed E-state index contributed by atoms with van der Waals surface area (Å²) in [5.41, 5.74) is 0.111. The monoisotopic (exact) mass is 247 g/mol. The van der Waals surface area contributed by atoms with E-state index in [1.54, 1.807) is 17.8 Å². The van der Waals surface area contributed by atoms with Crippen LogP contribution in [-0.2, 0) is 0 Å². The average Bonchev–Trinajstić information content (AvgIpc) is 2.04. The van der Waals surface area contributed by atoms with Crippen LogP contribution in [0.2, 0.25) is 0 Å². The summed E-state index contributed by atoms with van der Waals surface area (Å²) < 4.78 is 0.768. The summed E-state index contributed by atoms with van der Waals surface area (Å²) in [6.45, 7) is 0. The van der Waals surface area contributed by atoms with Crippen molar-refractivity contribution in [1.29, 1.82) is 0 Å². The van der Waals surface area contributed by atoms with Crippen molar-refractivity contribution in [2.75, 3.05) is 6.26 Å². The quantitative estimate of drug-likeness (QED) is 0.459. The molecule has 0 heterocycles. The van der Waals surface area contributed by atoms with Gasteiger partial charge in [0.05, 0.1) is 4.92 Å². The standard InChI is InChI=1S/C7H6BrNO2S/c1-12-7-3-2-5(9(10)11)4-6(7)8/h2-4H,1H3. The van der Waals surface area contributed by atoms with Crippen LogP contribution in [0.5, 0.6) is 0 Å². The molecule has 0 aliphatic rings. The van der Waals surface area contributed by atoms with Gasteiger partial charge in [0.2, 0.25) is 0 Å². The lowest BCUT2D eigenvalue weighted by Crippen LogP contribution is -1.87. The van der Waals surface area contributed by atoms with Crippen LogP contribution in [-0.4, -0.2) is 11.2 Å². The van der Waals surface area contributed by atoms with E-state index in [1.807, 2.05) is 6.26 Å². The zero-order valence-corrected chi connectivity index (χ0v) is 8.68. The predicted molar refractivity (Wildman–Crippen MR) is 52.6 cm³/mol.